The van der Waals surface area contributed by atoms with Crippen LogP contribution in [0.3, 0.4) is 0 Å². The van der Waals surface area contributed by atoms with Crippen LogP contribution in [0.2, 0.25) is 0 Å². The van der Waals surface area contributed by atoms with Crippen molar-refractivity contribution in [3.8, 4) is 0 Å². The molecule has 0 fully saturated rings. The predicted octanol–water partition coefficient (Wildman–Crippen LogP) is 3.06. The van der Waals surface area contributed by atoms with Crippen LogP contribution in [0.1, 0.15) is 19.6 Å². The Labute approximate surface area is 121 Å². The zero-order chi connectivity index (χ0) is 14.4. The normalized spacial score (nSPS) is 11.8. The highest BCUT2D eigenvalue weighted by Gasteiger charge is 2.17. The average molecular weight is 307 g/mol. The van der Waals surface area contributed by atoms with Crippen LogP contribution in [0, 0.1) is 6.92 Å². The van der Waals surface area contributed by atoms with E-state index in [1.807, 2.05) is 13.8 Å². The Bertz CT molecular complexity index is 455. The molecule has 1 aromatic rings. The molecular formula is C11H16Cl2N4O2. The van der Waals surface area contributed by atoms with E-state index in [1.165, 1.54) is 0 Å². The van der Waals surface area contributed by atoms with Crippen LogP contribution < -0.4 is 5.32 Å². The fourth-order valence-corrected chi connectivity index (χ4v) is 1.85. The largest absolute Gasteiger partial charge is 0.360 e. The molecule has 1 aromatic heterocycles. The molecule has 0 spiro atoms. The molecule has 0 aliphatic carbocycles. The van der Waals surface area contributed by atoms with Crippen molar-refractivity contribution in [1.29, 1.82) is 0 Å². The van der Waals surface area contributed by atoms with E-state index in [0.717, 1.165) is 0 Å². The topological polar surface area (TPSA) is 70.7 Å². The summed E-state index contributed by atoms with van der Waals surface area (Å²) in [6.07, 6.45) is 0. The number of nitrogens with one attached hydrogen (secondary N) is 1. The number of urea groups is 1. The number of amides is 2. The Morgan fingerprint density at radius 1 is 1.53 bits per heavy atom. The molecule has 0 aromatic carbocycles. The number of aryl methyl sites for hydroxylation is 1. The molecule has 0 aliphatic heterocycles. The van der Waals surface area contributed by atoms with Crippen LogP contribution in [0.5, 0.6) is 0 Å². The molecule has 2 amide bonds. The van der Waals surface area contributed by atoms with Gasteiger partial charge in [0.25, 0.3) is 0 Å². The number of rotatable bonds is 4. The summed E-state index contributed by atoms with van der Waals surface area (Å²) < 4.78 is 4.83. The smallest absolute Gasteiger partial charge is 0.348 e. The molecule has 19 heavy (non-hydrogen) atoms. The van der Waals surface area contributed by atoms with Crippen molar-refractivity contribution in [1.82, 2.24) is 10.1 Å². The number of aliphatic imine (C=N–C) groups is 1. The standard InChI is InChI=1S/C11H16Cl2N4O2/c1-4-17(5-2)10(9(12)13)15-11(18)14-8-6-7(3)19-16-8/h6,9H,4-5H2,1-3H3,(H,14,16,18)/b15-10+. The molecule has 6 nitrogen and oxygen atoms in total. The van der Waals surface area contributed by atoms with Crippen LogP contribution >= 0.6 is 23.2 Å². The summed E-state index contributed by atoms with van der Waals surface area (Å²) in [5.74, 6) is 1.20. The van der Waals surface area contributed by atoms with Gasteiger partial charge in [-0.15, -0.1) is 0 Å². The minimum atomic E-state index is -0.871. The predicted molar refractivity (Wildman–Crippen MR) is 76.1 cm³/mol. The van der Waals surface area contributed by atoms with Crippen molar-refractivity contribution in [3.05, 3.63) is 11.8 Å². The zero-order valence-corrected chi connectivity index (χ0v) is 12.5. The van der Waals surface area contributed by atoms with Gasteiger partial charge in [0, 0.05) is 19.2 Å². The Morgan fingerprint density at radius 3 is 2.58 bits per heavy atom. The van der Waals surface area contributed by atoms with E-state index < -0.39 is 10.9 Å². The number of hydrogen-bond acceptors (Lipinski definition) is 3. The maximum atomic E-state index is 11.7. The lowest BCUT2D eigenvalue weighted by molar-refractivity contribution is 0.259. The molecule has 0 aliphatic rings. The summed E-state index contributed by atoms with van der Waals surface area (Å²) in [6.45, 7) is 6.88. The summed E-state index contributed by atoms with van der Waals surface area (Å²) in [5, 5.41) is 6.11. The molecule has 0 saturated heterocycles. The summed E-state index contributed by atoms with van der Waals surface area (Å²) in [5.41, 5.74) is 0. The van der Waals surface area contributed by atoms with Gasteiger partial charge in [-0.1, -0.05) is 28.4 Å². The van der Waals surface area contributed by atoms with Gasteiger partial charge in [0.1, 0.15) is 11.6 Å². The van der Waals surface area contributed by atoms with Gasteiger partial charge in [0.2, 0.25) is 0 Å². The van der Waals surface area contributed by atoms with Crippen LogP contribution in [0.15, 0.2) is 15.6 Å². The summed E-state index contributed by atoms with van der Waals surface area (Å²) in [6, 6.07) is 0.991. The highest BCUT2D eigenvalue weighted by Crippen LogP contribution is 2.11. The lowest BCUT2D eigenvalue weighted by Crippen LogP contribution is -2.36. The molecule has 0 atom stereocenters. The number of anilines is 1. The van der Waals surface area contributed by atoms with Crippen molar-refractivity contribution < 1.29 is 9.32 Å². The van der Waals surface area contributed by atoms with Gasteiger partial charge in [-0.3, -0.25) is 5.32 Å². The van der Waals surface area contributed by atoms with Gasteiger partial charge in [-0.2, -0.15) is 4.99 Å². The third kappa shape index (κ3) is 4.72. The van der Waals surface area contributed by atoms with Crippen molar-refractivity contribution in [2.45, 2.75) is 25.6 Å². The lowest BCUT2D eigenvalue weighted by atomic mass is 10.4. The number of carbonyl (C=O) groups excluding carboxylic acids is 1. The quantitative estimate of drug-likeness (QED) is 0.527. The van der Waals surface area contributed by atoms with Crippen molar-refractivity contribution in [2.24, 2.45) is 4.99 Å². The minimum absolute atomic E-state index is 0.297. The SMILES string of the molecule is CCN(CC)/C(=N/C(=O)Nc1cc(C)on1)C(Cl)Cl. The van der Waals surface area contributed by atoms with E-state index in [1.54, 1.807) is 17.9 Å². The van der Waals surface area contributed by atoms with E-state index in [0.29, 0.717) is 30.5 Å². The Hall–Kier alpha value is -1.27. The second-order valence-electron chi connectivity index (χ2n) is 3.70. The van der Waals surface area contributed by atoms with Gasteiger partial charge in [0.05, 0.1) is 0 Å². The Morgan fingerprint density at radius 2 is 2.16 bits per heavy atom. The first-order valence-electron chi connectivity index (χ1n) is 5.83. The highest BCUT2D eigenvalue weighted by atomic mass is 35.5. The van der Waals surface area contributed by atoms with E-state index >= 15 is 0 Å². The first-order valence-corrected chi connectivity index (χ1v) is 6.71. The van der Waals surface area contributed by atoms with Crippen LogP contribution in [-0.4, -0.2) is 39.8 Å². The van der Waals surface area contributed by atoms with E-state index in [9.17, 15) is 4.79 Å². The Balaban J connectivity index is 2.80. The first-order chi connectivity index (χ1) is 8.97. The van der Waals surface area contributed by atoms with Gasteiger partial charge in [-0.25, -0.2) is 4.79 Å². The molecule has 0 saturated carbocycles. The molecule has 0 bridgehead atoms. The van der Waals surface area contributed by atoms with E-state index in [4.69, 9.17) is 27.7 Å². The number of halogens is 2. The maximum absolute atomic E-state index is 11.7. The maximum Gasteiger partial charge on any atom is 0.348 e. The lowest BCUT2D eigenvalue weighted by Gasteiger charge is -2.23. The second-order valence-corrected chi connectivity index (χ2v) is 4.79. The number of carbonyl (C=O) groups is 1. The third-order valence-corrected chi connectivity index (χ3v) is 2.75. The van der Waals surface area contributed by atoms with Gasteiger partial charge in [-0.05, 0) is 20.8 Å². The number of aromatic nitrogens is 1. The molecule has 106 valence electrons. The first kappa shape index (κ1) is 15.8. The number of nitrogens with zero attached hydrogens (tertiary/aromatic N) is 3. The molecule has 8 heteroatoms. The third-order valence-electron chi connectivity index (χ3n) is 2.36. The van der Waals surface area contributed by atoms with Crippen molar-refractivity contribution in [3.63, 3.8) is 0 Å². The van der Waals surface area contributed by atoms with Crippen molar-refractivity contribution >= 4 is 40.9 Å². The fourth-order valence-electron chi connectivity index (χ4n) is 1.47. The van der Waals surface area contributed by atoms with E-state index in [-0.39, 0.29) is 0 Å². The highest BCUT2D eigenvalue weighted by molar-refractivity contribution is 6.54. The van der Waals surface area contributed by atoms with E-state index in [2.05, 4.69) is 15.5 Å². The van der Waals surface area contributed by atoms with Crippen molar-refractivity contribution in [2.75, 3.05) is 18.4 Å². The summed E-state index contributed by atoms with van der Waals surface area (Å²) in [4.78, 5) is 16.6. The molecule has 0 radical (unpaired) electrons. The summed E-state index contributed by atoms with van der Waals surface area (Å²) in [7, 11) is 0. The van der Waals surface area contributed by atoms with Gasteiger partial charge in [0.15, 0.2) is 10.7 Å². The molecule has 1 rings (SSSR count). The molecule has 1 heterocycles. The fraction of sp³-hybridized carbons (Fsp3) is 0.545. The zero-order valence-electron chi connectivity index (χ0n) is 11.0. The minimum Gasteiger partial charge on any atom is -0.360 e. The molecule has 0 unspecified atom stereocenters. The van der Waals surface area contributed by atoms with Gasteiger partial charge < -0.3 is 9.42 Å². The monoisotopic (exact) mass is 306 g/mol. The van der Waals surface area contributed by atoms with Crippen LogP contribution in [0.25, 0.3) is 0 Å². The second kappa shape index (κ2) is 7.35. The summed E-state index contributed by atoms with van der Waals surface area (Å²) >= 11 is 11.7. The number of hydrogen-bond donors (Lipinski definition) is 1. The number of amidine groups is 1. The molecule has 1 N–H and O–H groups in total. The molecular weight excluding hydrogens is 291 g/mol. The Kier molecular flexibility index (Phi) is 6.11. The van der Waals surface area contributed by atoms with Crippen LogP contribution in [0.4, 0.5) is 10.6 Å². The number of alkyl halides is 2. The van der Waals surface area contributed by atoms with Crippen LogP contribution in [-0.2, 0) is 0 Å². The average Bonchev–Trinajstić information content (AvgIpc) is 2.74. The van der Waals surface area contributed by atoms with Gasteiger partial charge >= 0.3 is 6.03 Å².